The molecule has 0 atom stereocenters. The molecule has 0 aromatic heterocycles. The molecule has 0 spiro atoms. The second-order valence-corrected chi connectivity index (χ2v) is 6.60. The van der Waals surface area contributed by atoms with E-state index in [0.29, 0.717) is 17.1 Å². The van der Waals surface area contributed by atoms with Crippen LogP contribution in [0.3, 0.4) is 0 Å². The zero-order chi connectivity index (χ0) is 12.4. The number of piperidine rings is 1. The summed E-state index contributed by atoms with van der Waals surface area (Å²) in [5.41, 5.74) is 0.622. The van der Waals surface area contributed by atoms with Crippen LogP contribution < -0.4 is 5.32 Å². The van der Waals surface area contributed by atoms with E-state index in [9.17, 15) is 0 Å². The fraction of sp³-hybridized carbons (Fsp3) is 1.00. The maximum absolute atomic E-state index is 3.73. The third-order valence-electron chi connectivity index (χ3n) is 4.27. The van der Waals surface area contributed by atoms with Gasteiger partial charge in [-0.25, -0.2) is 0 Å². The lowest BCUT2D eigenvalue weighted by molar-refractivity contribution is -0.0180. The van der Waals surface area contributed by atoms with E-state index in [-0.39, 0.29) is 0 Å². The Morgan fingerprint density at radius 2 is 1.62 bits per heavy atom. The molecule has 0 unspecified atom stereocenters. The highest BCUT2D eigenvalue weighted by Crippen LogP contribution is 2.36. The predicted octanol–water partition coefficient (Wildman–Crippen LogP) is 3.03. The Morgan fingerprint density at radius 3 is 2.06 bits per heavy atom. The monoisotopic (exact) mass is 226 g/mol. The van der Waals surface area contributed by atoms with Gasteiger partial charge in [-0.2, -0.15) is 0 Å². The summed E-state index contributed by atoms with van der Waals surface area (Å²) in [6, 6.07) is 0.688. The van der Waals surface area contributed by atoms with Crippen LogP contribution in [0.25, 0.3) is 0 Å². The molecule has 96 valence electrons. The topological polar surface area (TPSA) is 15.3 Å². The van der Waals surface area contributed by atoms with Gasteiger partial charge < -0.3 is 5.32 Å². The van der Waals surface area contributed by atoms with Gasteiger partial charge in [-0.05, 0) is 60.5 Å². The average molecular weight is 226 g/mol. The van der Waals surface area contributed by atoms with Crippen molar-refractivity contribution in [3.05, 3.63) is 0 Å². The molecule has 1 aliphatic rings. The van der Waals surface area contributed by atoms with E-state index >= 15 is 0 Å². The first-order chi connectivity index (χ1) is 7.29. The molecule has 0 bridgehead atoms. The summed E-state index contributed by atoms with van der Waals surface area (Å²) in [7, 11) is 2.27. The van der Waals surface area contributed by atoms with E-state index in [1.54, 1.807) is 0 Å². The molecule has 2 nitrogen and oxygen atoms in total. The van der Waals surface area contributed by atoms with E-state index in [1.165, 1.54) is 32.2 Å². The molecule has 0 aromatic carbocycles. The van der Waals surface area contributed by atoms with Gasteiger partial charge in [0.15, 0.2) is 0 Å². The largest absolute Gasteiger partial charge is 0.314 e. The fourth-order valence-electron chi connectivity index (χ4n) is 3.00. The van der Waals surface area contributed by atoms with Crippen LogP contribution in [0.5, 0.6) is 0 Å². The second-order valence-electron chi connectivity index (χ2n) is 6.60. The SMILES string of the molecule is CCCCNC1CC(C)(C)N(C)C(C)(C)C1. The van der Waals surface area contributed by atoms with Crippen LogP contribution in [-0.4, -0.2) is 35.6 Å². The maximum Gasteiger partial charge on any atom is 0.0170 e. The molecule has 1 aliphatic heterocycles. The highest BCUT2D eigenvalue weighted by molar-refractivity contribution is 5.00. The lowest BCUT2D eigenvalue weighted by atomic mass is 9.77. The molecule has 1 fully saturated rings. The smallest absolute Gasteiger partial charge is 0.0170 e. The van der Waals surface area contributed by atoms with Gasteiger partial charge in [-0.3, -0.25) is 4.90 Å². The summed E-state index contributed by atoms with van der Waals surface area (Å²) in [6.07, 6.45) is 5.10. The molecular weight excluding hydrogens is 196 g/mol. The Labute approximate surface area is 102 Å². The molecule has 1 N–H and O–H groups in total. The van der Waals surface area contributed by atoms with Crippen molar-refractivity contribution in [1.29, 1.82) is 0 Å². The van der Waals surface area contributed by atoms with Gasteiger partial charge >= 0.3 is 0 Å². The van der Waals surface area contributed by atoms with Gasteiger partial charge in [0.2, 0.25) is 0 Å². The Balaban J connectivity index is 2.57. The Morgan fingerprint density at radius 1 is 1.12 bits per heavy atom. The second kappa shape index (κ2) is 5.05. The first-order valence-electron chi connectivity index (χ1n) is 6.77. The summed E-state index contributed by atoms with van der Waals surface area (Å²) >= 11 is 0. The first-order valence-corrected chi connectivity index (χ1v) is 6.77. The molecule has 1 rings (SSSR count). The summed E-state index contributed by atoms with van der Waals surface area (Å²) < 4.78 is 0. The van der Waals surface area contributed by atoms with Crippen LogP contribution >= 0.6 is 0 Å². The van der Waals surface area contributed by atoms with Gasteiger partial charge in [-0.1, -0.05) is 13.3 Å². The molecule has 2 heteroatoms. The Hall–Kier alpha value is -0.0800. The highest BCUT2D eigenvalue weighted by atomic mass is 15.2. The number of unbranched alkanes of at least 4 members (excludes halogenated alkanes) is 1. The maximum atomic E-state index is 3.73. The third-order valence-corrected chi connectivity index (χ3v) is 4.27. The number of nitrogens with zero attached hydrogens (tertiary/aromatic N) is 1. The van der Waals surface area contributed by atoms with Gasteiger partial charge in [0.05, 0.1) is 0 Å². The number of rotatable bonds is 4. The molecule has 0 aromatic rings. The van der Waals surface area contributed by atoms with Gasteiger partial charge in [0.1, 0.15) is 0 Å². The minimum Gasteiger partial charge on any atom is -0.314 e. The Bertz CT molecular complexity index is 203. The van der Waals surface area contributed by atoms with Crippen molar-refractivity contribution in [1.82, 2.24) is 10.2 Å². The van der Waals surface area contributed by atoms with E-state index in [0.717, 1.165) is 0 Å². The number of likely N-dealkylation sites (tertiary alicyclic amines) is 1. The molecule has 1 saturated heterocycles. The summed E-state index contributed by atoms with van der Waals surface area (Å²) in [4.78, 5) is 2.54. The molecule has 0 saturated carbocycles. The van der Waals surface area contributed by atoms with Crippen LogP contribution in [0.4, 0.5) is 0 Å². The van der Waals surface area contributed by atoms with Gasteiger partial charge in [-0.15, -0.1) is 0 Å². The lowest BCUT2D eigenvalue weighted by Crippen LogP contribution is -2.62. The van der Waals surface area contributed by atoms with E-state index in [1.807, 2.05) is 0 Å². The lowest BCUT2D eigenvalue weighted by Gasteiger charge is -2.53. The molecule has 16 heavy (non-hydrogen) atoms. The van der Waals surface area contributed by atoms with Crippen molar-refractivity contribution in [2.75, 3.05) is 13.6 Å². The van der Waals surface area contributed by atoms with Crippen molar-refractivity contribution in [2.24, 2.45) is 0 Å². The standard InChI is InChI=1S/C14H30N2/c1-7-8-9-15-12-10-13(2,3)16(6)14(4,5)11-12/h12,15H,7-11H2,1-6H3. The average Bonchev–Trinajstić information content (AvgIpc) is 2.14. The van der Waals surface area contributed by atoms with Crippen molar-refractivity contribution in [3.63, 3.8) is 0 Å². The minimum atomic E-state index is 0.311. The summed E-state index contributed by atoms with van der Waals surface area (Å²) in [6.45, 7) is 12.9. The number of nitrogens with one attached hydrogen (secondary N) is 1. The van der Waals surface area contributed by atoms with Crippen LogP contribution in [0.2, 0.25) is 0 Å². The Kier molecular flexibility index (Phi) is 4.42. The predicted molar refractivity (Wildman–Crippen MR) is 71.9 cm³/mol. The van der Waals surface area contributed by atoms with E-state index < -0.39 is 0 Å². The van der Waals surface area contributed by atoms with Crippen molar-refractivity contribution >= 4 is 0 Å². The normalized spacial score (nSPS) is 25.9. The zero-order valence-electron chi connectivity index (χ0n) is 12.1. The number of hydrogen-bond donors (Lipinski definition) is 1. The van der Waals surface area contributed by atoms with Crippen LogP contribution in [-0.2, 0) is 0 Å². The first kappa shape index (κ1) is 14.0. The minimum absolute atomic E-state index is 0.311. The highest BCUT2D eigenvalue weighted by Gasteiger charge is 2.42. The quantitative estimate of drug-likeness (QED) is 0.741. The zero-order valence-corrected chi connectivity index (χ0v) is 12.1. The third kappa shape index (κ3) is 3.21. The van der Waals surface area contributed by atoms with Gasteiger partial charge in [0, 0.05) is 17.1 Å². The molecule has 0 amide bonds. The summed E-state index contributed by atoms with van der Waals surface area (Å²) in [5.74, 6) is 0. The van der Waals surface area contributed by atoms with Crippen LogP contribution in [0.1, 0.15) is 60.3 Å². The summed E-state index contributed by atoms with van der Waals surface area (Å²) in [5, 5.41) is 3.73. The molecule has 1 heterocycles. The van der Waals surface area contributed by atoms with Gasteiger partial charge in [0.25, 0.3) is 0 Å². The molecule has 0 radical (unpaired) electrons. The number of hydrogen-bond acceptors (Lipinski definition) is 2. The van der Waals surface area contributed by atoms with Crippen LogP contribution in [0.15, 0.2) is 0 Å². The van der Waals surface area contributed by atoms with Crippen molar-refractivity contribution < 1.29 is 0 Å². The van der Waals surface area contributed by atoms with Crippen LogP contribution in [0, 0.1) is 0 Å². The molecule has 0 aliphatic carbocycles. The fourth-order valence-corrected chi connectivity index (χ4v) is 3.00. The molecular formula is C14H30N2. The van der Waals surface area contributed by atoms with E-state index in [2.05, 4.69) is 51.9 Å². The van der Waals surface area contributed by atoms with Crippen molar-refractivity contribution in [2.45, 2.75) is 77.4 Å². The van der Waals surface area contributed by atoms with Crippen molar-refractivity contribution in [3.8, 4) is 0 Å². The van der Waals surface area contributed by atoms with E-state index in [4.69, 9.17) is 0 Å².